The summed E-state index contributed by atoms with van der Waals surface area (Å²) in [5.74, 6) is -0.317. The predicted molar refractivity (Wildman–Crippen MR) is 128 cm³/mol. The van der Waals surface area contributed by atoms with Crippen molar-refractivity contribution >= 4 is 55.8 Å². The van der Waals surface area contributed by atoms with Crippen molar-refractivity contribution in [2.45, 2.75) is 11.4 Å². The van der Waals surface area contributed by atoms with E-state index >= 15 is 0 Å². The van der Waals surface area contributed by atoms with Gasteiger partial charge in [0.1, 0.15) is 6.54 Å². The molecule has 3 aromatic carbocycles. The number of amides is 1. The molecule has 0 N–H and O–H groups in total. The van der Waals surface area contributed by atoms with E-state index in [2.05, 4.69) is 22.6 Å². The molecule has 0 aliphatic heterocycles. The van der Waals surface area contributed by atoms with E-state index < -0.39 is 10.0 Å². The van der Waals surface area contributed by atoms with Crippen LogP contribution >= 0.6 is 34.2 Å². The van der Waals surface area contributed by atoms with Gasteiger partial charge in [-0.3, -0.25) is 9.10 Å². The van der Waals surface area contributed by atoms with Gasteiger partial charge in [-0.2, -0.15) is 0 Å². The molecule has 3 rings (SSSR count). The summed E-state index contributed by atoms with van der Waals surface area (Å²) in [4.78, 5) is 14.6. The fourth-order valence-electron chi connectivity index (χ4n) is 2.84. The molecule has 0 fully saturated rings. The molecule has 0 unspecified atom stereocenters. The number of sulfonamides is 1. The maximum Gasteiger partial charge on any atom is 0.264 e. The molecule has 1 amide bonds. The topological polar surface area (TPSA) is 57.7 Å². The molecular formula is C22H20ClIN2O3S. The van der Waals surface area contributed by atoms with Crippen LogP contribution in [0, 0.1) is 3.57 Å². The van der Waals surface area contributed by atoms with E-state index in [0.717, 1.165) is 13.4 Å². The van der Waals surface area contributed by atoms with Crippen LogP contribution in [0.15, 0.2) is 83.8 Å². The number of hydrogen-bond acceptors (Lipinski definition) is 3. The summed E-state index contributed by atoms with van der Waals surface area (Å²) in [5.41, 5.74) is 1.34. The molecular weight excluding hydrogens is 535 g/mol. The van der Waals surface area contributed by atoms with Gasteiger partial charge in [0.25, 0.3) is 10.0 Å². The first-order chi connectivity index (χ1) is 14.3. The van der Waals surface area contributed by atoms with Crippen molar-refractivity contribution in [2.75, 3.05) is 17.9 Å². The van der Waals surface area contributed by atoms with E-state index in [9.17, 15) is 13.2 Å². The number of anilines is 1. The minimum Gasteiger partial charge on any atom is -0.340 e. The Kier molecular flexibility index (Phi) is 7.38. The van der Waals surface area contributed by atoms with Crippen molar-refractivity contribution in [2.24, 2.45) is 0 Å². The van der Waals surface area contributed by atoms with Gasteiger partial charge in [-0.25, -0.2) is 8.42 Å². The van der Waals surface area contributed by atoms with E-state index in [1.165, 1.54) is 17.0 Å². The van der Waals surface area contributed by atoms with Crippen LogP contribution in [0.25, 0.3) is 0 Å². The zero-order valence-electron chi connectivity index (χ0n) is 16.2. The van der Waals surface area contributed by atoms with Crippen LogP contribution in [0.1, 0.15) is 5.56 Å². The average molecular weight is 555 g/mol. The maximum atomic E-state index is 13.3. The van der Waals surface area contributed by atoms with Crippen molar-refractivity contribution in [3.63, 3.8) is 0 Å². The van der Waals surface area contributed by atoms with Crippen LogP contribution in [0.2, 0.25) is 5.02 Å². The summed E-state index contributed by atoms with van der Waals surface area (Å²) in [6, 6.07) is 22.3. The Morgan fingerprint density at radius 1 is 0.933 bits per heavy atom. The second-order valence-corrected chi connectivity index (χ2v) is 10.2. The first-order valence-corrected chi connectivity index (χ1v) is 12.0. The van der Waals surface area contributed by atoms with Gasteiger partial charge in [0.05, 0.1) is 10.6 Å². The van der Waals surface area contributed by atoms with E-state index in [1.54, 1.807) is 49.5 Å². The van der Waals surface area contributed by atoms with Crippen LogP contribution in [0.3, 0.4) is 0 Å². The smallest absolute Gasteiger partial charge is 0.264 e. The third-order valence-electron chi connectivity index (χ3n) is 4.48. The third kappa shape index (κ3) is 5.53. The number of hydrogen-bond donors (Lipinski definition) is 0. The second-order valence-electron chi connectivity index (χ2n) is 6.68. The molecule has 3 aromatic rings. The lowest BCUT2D eigenvalue weighted by atomic mass is 10.2. The normalized spacial score (nSPS) is 11.2. The summed E-state index contributed by atoms with van der Waals surface area (Å²) < 4.78 is 28.7. The molecule has 156 valence electrons. The Hall–Kier alpha value is -2.10. The summed E-state index contributed by atoms with van der Waals surface area (Å²) in [6.07, 6.45) is 0. The van der Waals surface area contributed by atoms with Gasteiger partial charge in [0.15, 0.2) is 0 Å². The van der Waals surface area contributed by atoms with Crippen LogP contribution < -0.4 is 4.31 Å². The number of carbonyl (C=O) groups is 1. The van der Waals surface area contributed by atoms with Gasteiger partial charge < -0.3 is 4.90 Å². The van der Waals surface area contributed by atoms with Crippen LogP contribution in [0.5, 0.6) is 0 Å². The largest absolute Gasteiger partial charge is 0.340 e. The van der Waals surface area contributed by atoms with Gasteiger partial charge in [-0.1, -0.05) is 41.9 Å². The number of carbonyl (C=O) groups excluding carboxylic acids is 1. The summed E-state index contributed by atoms with van der Waals surface area (Å²) in [5, 5.41) is 0.617. The standard InChI is InChI=1S/C22H20ClIN2O3S/c1-25(15-17-7-9-18(23)10-8-17)22(27)16-26(20-13-11-19(24)12-14-20)30(28,29)21-5-3-2-4-6-21/h2-14H,15-16H2,1H3. The molecule has 0 saturated carbocycles. The highest BCUT2D eigenvalue weighted by molar-refractivity contribution is 14.1. The minimum absolute atomic E-state index is 0.136. The SMILES string of the molecule is CN(Cc1ccc(Cl)cc1)C(=O)CN(c1ccc(I)cc1)S(=O)(=O)c1ccccc1. The van der Waals surface area contributed by atoms with Gasteiger partial charge >= 0.3 is 0 Å². The van der Waals surface area contributed by atoms with Crippen molar-refractivity contribution in [3.8, 4) is 0 Å². The third-order valence-corrected chi connectivity index (χ3v) is 7.24. The molecule has 0 spiro atoms. The van der Waals surface area contributed by atoms with E-state index in [4.69, 9.17) is 11.6 Å². The number of benzene rings is 3. The summed E-state index contributed by atoms with van der Waals surface area (Å²) in [6.45, 7) is 0.0455. The average Bonchev–Trinajstić information content (AvgIpc) is 2.74. The molecule has 0 aromatic heterocycles. The molecule has 30 heavy (non-hydrogen) atoms. The van der Waals surface area contributed by atoms with Crippen LogP contribution in [0.4, 0.5) is 5.69 Å². The monoisotopic (exact) mass is 554 g/mol. The van der Waals surface area contributed by atoms with Gasteiger partial charge in [-0.15, -0.1) is 0 Å². The highest BCUT2D eigenvalue weighted by atomic mass is 127. The van der Waals surface area contributed by atoms with Crippen molar-refractivity contribution in [1.82, 2.24) is 4.90 Å². The van der Waals surface area contributed by atoms with E-state index in [1.807, 2.05) is 24.3 Å². The minimum atomic E-state index is -3.91. The first-order valence-electron chi connectivity index (χ1n) is 9.09. The van der Waals surface area contributed by atoms with Crippen molar-refractivity contribution < 1.29 is 13.2 Å². The zero-order valence-corrected chi connectivity index (χ0v) is 19.9. The molecule has 5 nitrogen and oxygen atoms in total. The Bertz CT molecular complexity index is 1110. The molecule has 8 heteroatoms. The van der Waals surface area contributed by atoms with Crippen LogP contribution in [-0.4, -0.2) is 32.8 Å². The first kappa shape index (κ1) is 22.6. The number of likely N-dealkylation sites (N-methyl/N-ethyl adjacent to an activating group) is 1. The molecule has 0 aliphatic carbocycles. The second kappa shape index (κ2) is 9.80. The molecule has 0 bridgehead atoms. The highest BCUT2D eigenvalue weighted by Crippen LogP contribution is 2.24. The Balaban J connectivity index is 1.87. The van der Waals surface area contributed by atoms with E-state index in [-0.39, 0.29) is 17.3 Å². The van der Waals surface area contributed by atoms with Crippen LogP contribution in [-0.2, 0) is 21.4 Å². The predicted octanol–water partition coefficient (Wildman–Crippen LogP) is 4.80. The van der Waals surface area contributed by atoms with Gasteiger partial charge in [0.2, 0.25) is 5.91 Å². The molecule has 0 aliphatic rings. The Morgan fingerprint density at radius 3 is 2.13 bits per heavy atom. The number of rotatable bonds is 7. The Morgan fingerprint density at radius 2 is 1.53 bits per heavy atom. The summed E-state index contributed by atoms with van der Waals surface area (Å²) >= 11 is 8.06. The van der Waals surface area contributed by atoms with E-state index in [0.29, 0.717) is 17.3 Å². The van der Waals surface area contributed by atoms with Gasteiger partial charge in [-0.05, 0) is 76.7 Å². The zero-order chi connectivity index (χ0) is 21.7. The quantitative estimate of drug-likeness (QED) is 0.395. The molecule has 0 heterocycles. The molecule has 0 atom stereocenters. The van der Waals surface area contributed by atoms with Crippen molar-refractivity contribution in [3.05, 3.63) is 93.0 Å². The number of nitrogens with zero attached hydrogens (tertiary/aromatic N) is 2. The maximum absolute atomic E-state index is 13.3. The lowest BCUT2D eigenvalue weighted by Crippen LogP contribution is -2.41. The number of halogens is 2. The fraction of sp³-hybridized carbons (Fsp3) is 0.136. The lowest BCUT2D eigenvalue weighted by Gasteiger charge is -2.27. The Labute approximate surface area is 195 Å². The highest BCUT2D eigenvalue weighted by Gasteiger charge is 2.28. The van der Waals surface area contributed by atoms with Gasteiger partial charge in [0, 0.05) is 22.2 Å². The molecule has 0 radical (unpaired) electrons. The molecule has 0 saturated heterocycles. The fourth-order valence-corrected chi connectivity index (χ4v) is 4.76. The summed E-state index contributed by atoms with van der Waals surface area (Å²) in [7, 11) is -2.26. The lowest BCUT2D eigenvalue weighted by molar-refractivity contribution is -0.128. The van der Waals surface area contributed by atoms with Crippen molar-refractivity contribution in [1.29, 1.82) is 0 Å².